The molecule has 0 amide bonds. The number of anilines is 2. The van der Waals surface area contributed by atoms with Gasteiger partial charge in [-0.3, -0.25) is 0 Å². The van der Waals surface area contributed by atoms with E-state index in [1.807, 2.05) is 0 Å². The number of benzene rings is 1. The summed E-state index contributed by atoms with van der Waals surface area (Å²) < 4.78 is 38.4. The molecule has 4 nitrogen and oxygen atoms in total. The highest BCUT2D eigenvalue weighted by Gasteiger charge is 2.33. The number of halogens is 3. The van der Waals surface area contributed by atoms with Gasteiger partial charge in [-0.2, -0.15) is 13.2 Å². The van der Waals surface area contributed by atoms with Gasteiger partial charge in [-0.15, -0.1) is 0 Å². The lowest BCUT2D eigenvalue weighted by Crippen LogP contribution is -2.12. The normalized spacial score (nSPS) is 11.2. The van der Waals surface area contributed by atoms with Gasteiger partial charge in [0, 0.05) is 0 Å². The number of hydrogen-bond acceptors (Lipinski definition) is 4. The minimum Gasteiger partial charge on any atom is -0.388 e. The lowest BCUT2D eigenvalue weighted by atomic mass is 10.1. The molecule has 104 valence electrons. The highest BCUT2D eigenvalue weighted by Crippen LogP contribution is 2.35. The summed E-state index contributed by atoms with van der Waals surface area (Å²) in [6.07, 6.45) is -1.89. The van der Waals surface area contributed by atoms with Crippen LogP contribution in [0.2, 0.25) is 0 Å². The van der Waals surface area contributed by atoms with Crippen LogP contribution in [0.1, 0.15) is 11.3 Å². The van der Waals surface area contributed by atoms with Crippen molar-refractivity contribution in [3.63, 3.8) is 0 Å². The number of rotatable bonds is 3. The van der Waals surface area contributed by atoms with Crippen molar-refractivity contribution in [1.29, 1.82) is 0 Å². The van der Waals surface area contributed by atoms with E-state index in [2.05, 4.69) is 15.3 Å². The molecule has 0 bridgehead atoms. The topological polar surface area (TPSA) is 63.8 Å². The standard InChI is InChI=1S/C12H9F3N4S/c13-12(14,15)7-3-1-2-4-8(7)19-10-6-17-9(5-18-10)11(16)20/h1-6H,(H2,16,20)(H,18,19). The Kier molecular flexibility index (Phi) is 3.84. The smallest absolute Gasteiger partial charge is 0.388 e. The summed E-state index contributed by atoms with van der Waals surface area (Å²) in [6, 6.07) is 5.11. The van der Waals surface area contributed by atoms with Crippen molar-refractivity contribution < 1.29 is 13.2 Å². The highest BCUT2D eigenvalue weighted by molar-refractivity contribution is 7.80. The lowest BCUT2D eigenvalue weighted by Gasteiger charge is -2.13. The van der Waals surface area contributed by atoms with Crippen LogP contribution in [0.3, 0.4) is 0 Å². The molecule has 0 aliphatic carbocycles. The average molecular weight is 298 g/mol. The second-order valence-corrected chi connectivity index (χ2v) is 4.26. The van der Waals surface area contributed by atoms with E-state index < -0.39 is 11.7 Å². The van der Waals surface area contributed by atoms with E-state index in [1.54, 1.807) is 0 Å². The maximum atomic E-state index is 12.8. The summed E-state index contributed by atoms with van der Waals surface area (Å²) in [5.41, 5.74) is 4.78. The molecule has 20 heavy (non-hydrogen) atoms. The van der Waals surface area contributed by atoms with Gasteiger partial charge in [0.25, 0.3) is 0 Å². The Balaban J connectivity index is 2.28. The second kappa shape index (κ2) is 5.41. The SMILES string of the molecule is NC(=S)c1cnc(Nc2ccccc2C(F)(F)F)cn1. The quantitative estimate of drug-likeness (QED) is 0.853. The molecule has 0 fully saturated rings. The number of nitrogens with two attached hydrogens (primary N) is 1. The molecule has 0 unspecified atom stereocenters. The van der Waals surface area contributed by atoms with Crippen LogP contribution in [-0.2, 0) is 6.18 Å². The first-order valence-corrected chi connectivity index (χ1v) is 5.84. The Morgan fingerprint density at radius 2 is 1.85 bits per heavy atom. The van der Waals surface area contributed by atoms with Gasteiger partial charge in [0.05, 0.1) is 23.6 Å². The minimum absolute atomic E-state index is 0.0692. The molecule has 1 heterocycles. The van der Waals surface area contributed by atoms with Crippen LogP contribution >= 0.6 is 12.2 Å². The first-order chi connectivity index (χ1) is 9.38. The zero-order valence-electron chi connectivity index (χ0n) is 9.98. The van der Waals surface area contributed by atoms with Crippen LogP contribution in [0, 0.1) is 0 Å². The van der Waals surface area contributed by atoms with E-state index in [-0.39, 0.29) is 16.5 Å². The van der Waals surface area contributed by atoms with Gasteiger partial charge in [0.15, 0.2) is 0 Å². The van der Waals surface area contributed by atoms with Crippen molar-refractivity contribution in [2.45, 2.75) is 6.18 Å². The lowest BCUT2D eigenvalue weighted by molar-refractivity contribution is -0.136. The van der Waals surface area contributed by atoms with Crippen LogP contribution in [0.15, 0.2) is 36.7 Å². The Labute approximate surface area is 117 Å². The monoisotopic (exact) mass is 298 g/mol. The minimum atomic E-state index is -4.45. The van der Waals surface area contributed by atoms with Gasteiger partial charge in [-0.1, -0.05) is 24.4 Å². The zero-order valence-corrected chi connectivity index (χ0v) is 10.8. The van der Waals surface area contributed by atoms with Crippen LogP contribution in [-0.4, -0.2) is 15.0 Å². The van der Waals surface area contributed by atoms with Crippen LogP contribution in [0.25, 0.3) is 0 Å². The second-order valence-electron chi connectivity index (χ2n) is 3.82. The number of hydrogen-bond donors (Lipinski definition) is 2. The predicted molar refractivity (Wildman–Crippen MR) is 72.6 cm³/mol. The first-order valence-electron chi connectivity index (χ1n) is 5.43. The molecule has 0 radical (unpaired) electrons. The van der Waals surface area contributed by atoms with E-state index in [4.69, 9.17) is 18.0 Å². The Bertz CT molecular complexity index is 625. The molecule has 0 spiro atoms. The fraction of sp³-hybridized carbons (Fsp3) is 0.0833. The summed E-state index contributed by atoms with van der Waals surface area (Å²) in [5, 5.41) is 2.57. The van der Waals surface area contributed by atoms with Gasteiger partial charge in [-0.25, -0.2) is 9.97 Å². The third-order valence-corrected chi connectivity index (χ3v) is 2.61. The van der Waals surface area contributed by atoms with Gasteiger partial charge >= 0.3 is 6.18 Å². The van der Waals surface area contributed by atoms with Crippen molar-refractivity contribution in [2.24, 2.45) is 5.73 Å². The molecule has 0 saturated carbocycles. The van der Waals surface area contributed by atoms with Crippen molar-refractivity contribution in [3.05, 3.63) is 47.9 Å². The summed E-state index contributed by atoms with van der Waals surface area (Å²) in [6.45, 7) is 0. The third-order valence-electron chi connectivity index (χ3n) is 2.40. The number of nitrogens with one attached hydrogen (secondary N) is 1. The zero-order chi connectivity index (χ0) is 14.8. The molecule has 1 aromatic carbocycles. The number of aromatic nitrogens is 2. The summed E-state index contributed by atoms with van der Waals surface area (Å²) >= 11 is 4.71. The van der Waals surface area contributed by atoms with Crippen molar-refractivity contribution in [2.75, 3.05) is 5.32 Å². The fourth-order valence-corrected chi connectivity index (χ4v) is 1.60. The molecule has 0 atom stereocenters. The van der Waals surface area contributed by atoms with E-state index in [9.17, 15) is 13.2 Å². The molecular formula is C12H9F3N4S. The largest absolute Gasteiger partial charge is 0.418 e. The molecule has 2 aromatic rings. The molecule has 8 heteroatoms. The van der Waals surface area contributed by atoms with Gasteiger partial charge in [0.1, 0.15) is 16.5 Å². The van der Waals surface area contributed by atoms with Crippen molar-refractivity contribution in [1.82, 2.24) is 9.97 Å². The fourth-order valence-electron chi connectivity index (χ4n) is 1.50. The van der Waals surface area contributed by atoms with E-state index in [1.165, 1.54) is 30.6 Å². The third kappa shape index (κ3) is 3.21. The summed E-state index contributed by atoms with van der Waals surface area (Å²) in [7, 11) is 0. The molecule has 3 N–H and O–H groups in total. The number of para-hydroxylation sites is 1. The van der Waals surface area contributed by atoms with Crippen molar-refractivity contribution in [3.8, 4) is 0 Å². The molecule has 0 saturated heterocycles. The molecule has 2 rings (SSSR count). The maximum absolute atomic E-state index is 12.8. The molecule has 1 aromatic heterocycles. The summed E-state index contributed by atoms with van der Waals surface area (Å²) in [5.74, 6) is 0.168. The van der Waals surface area contributed by atoms with E-state index in [0.717, 1.165) is 6.07 Å². The number of nitrogens with zero attached hydrogens (tertiary/aromatic N) is 2. The van der Waals surface area contributed by atoms with Gasteiger partial charge in [-0.05, 0) is 12.1 Å². The predicted octanol–water partition coefficient (Wildman–Crippen LogP) is 2.87. The Morgan fingerprint density at radius 1 is 1.15 bits per heavy atom. The number of alkyl halides is 3. The van der Waals surface area contributed by atoms with Crippen LogP contribution in [0.5, 0.6) is 0 Å². The molecule has 0 aliphatic rings. The Hall–Kier alpha value is -2.22. The number of thiocarbonyl (C=S) groups is 1. The van der Waals surface area contributed by atoms with E-state index >= 15 is 0 Å². The average Bonchev–Trinajstić information content (AvgIpc) is 2.38. The van der Waals surface area contributed by atoms with Gasteiger partial charge in [0.2, 0.25) is 0 Å². The Morgan fingerprint density at radius 3 is 2.40 bits per heavy atom. The first kappa shape index (κ1) is 14.2. The van der Waals surface area contributed by atoms with Crippen LogP contribution in [0.4, 0.5) is 24.7 Å². The van der Waals surface area contributed by atoms with Crippen LogP contribution < -0.4 is 11.1 Å². The van der Waals surface area contributed by atoms with Crippen molar-refractivity contribution >= 4 is 28.7 Å². The highest BCUT2D eigenvalue weighted by atomic mass is 32.1. The maximum Gasteiger partial charge on any atom is 0.418 e. The molecule has 0 aliphatic heterocycles. The molecular weight excluding hydrogens is 289 g/mol. The summed E-state index contributed by atoms with van der Waals surface area (Å²) in [4.78, 5) is 7.87. The van der Waals surface area contributed by atoms with E-state index in [0.29, 0.717) is 5.69 Å². The van der Waals surface area contributed by atoms with Gasteiger partial charge < -0.3 is 11.1 Å².